The summed E-state index contributed by atoms with van der Waals surface area (Å²) in [6.45, 7) is 8.32. The highest BCUT2D eigenvalue weighted by molar-refractivity contribution is 14.0. The molecule has 1 heterocycles. The number of methoxy groups -OCH3 is 2. The molecule has 8 heteroatoms. The summed E-state index contributed by atoms with van der Waals surface area (Å²) >= 11 is 0. The van der Waals surface area contributed by atoms with Crippen molar-refractivity contribution in [2.45, 2.75) is 38.8 Å². The Labute approximate surface area is 197 Å². The third kappa shape index (κ3) is 6.62. The van der Waals surface area contributed by atoms with Crippen LogP contribution in [-0.4, -0.2) is 80.5 Å². The number of ether oxygens (including phenoxy) is 2. The lowest BCUT2D eigenvalue weighted by Gasteiger charge is -2.37. The second-order valence-corrected chi connectivity index (χ2v) is 7.89. The van der Waals surface area contributed by atoms with E-state index >= 15 is 0 Å². The number of hydrogen-bond donors (Lipinski definition) is 2. The minimum absolute atomic E-state index is 0. The summed E-state index contributed by atoms with van der Waals surface area (Å²) in [5.41, 5.74) is 1.15. The highest BCUT2D eigenvalue weighted by Crippen LogP contribution is 2.26. The minimum atomic E-state index is -0.184. The molecule has 0 radical (unpaired) electrons. The number of rotatable bonds is 7. The summed E-state index contributed by atoms with van der Waals surface area (Å²) in [7, 11) is 3.40. The number of nitrogens with zero attached hydrogens (tertiary/aromatic N) is 3. The topological polar surface area (TPSA) is 69.6 Å². The molecule has 7 nitrogen and oxygen atoms in total. The number of nitrogens with one attached hydrogen (secondary N) is 1. The molecule has 3 rings (SSSR count). The van der Waals surface area contributed by atoms with Crippen molar-refractivity contribution in [2.75, 3.05) is 53.5 Å². The van der Waals surface area contributed by atoms with Gasteiger partial charge in [-0.25, -0.2) is 0 Å². The fourth-order valence-corrected chi connectivity index (χ4v) is 4.22. The predicted octanol–water partition coefficient (Wildman–Crippen LogP) is 2.57. The van der Waals surface area contributed by atoms with Crippen molar-refractivity contribution in [3.63, 3.8) is 0 Å². The van der Waals surface area contributed by atoms with Gasteiger partial charge in [0.25, 0.3) is 0 Å². The molecule has 2 atom stereocenters. The molecular formula is C22H37IN4O3. The third-order valence-electron chi connectivity index (χ3n) is 5.98. The smallest absolute Gasteiger partial charge is 0.194 e. The Hall–Kier alpha value is -1.26. The Morgan fingerprint density at radius 1 is 1.17 bits per heavy atom. The van der Waals surface area contributed by atoms with Crippen molar-refractivity contribution >= 4 is 29.9 Å². The molecule has 2 aliphatic rings. The van der Waals surface area contributed by atoms with E-state index in [0.717, 1.165) is 81.6 Å². The van der Waals surface area contributed by atoms with E-state index in [2.05, 4.69) is 28.1 Å². The first-order chi connectivity index (χ1) is 14.1. The maximum Gasteiger partial charge on any atom is 0.194 e. The van der Waals surface area contributed by atoms with Gasteiger partial charge in [0.15, 0.2) is 5.96 Å². The molecule has 1 saturated carbocycles. The fraction of sp³-hybridized carbons (Fsp3) is 0.682. The van der Waals surface area contributed by atoms with Crippen molar-refractivity contribution in [2.24, 2.45) is 10.9 Å². The Kier molecular flexibility index (Phi) is 10.5. The number of halogens is 1. The number of guanidine groups is 1. The van der Waals surface area contributed by atoms with Crippen LogP contribution in [0.4, 0.5) is 0 Å². The van der Waals surface area contributed by atoms with Crippen LogP contribution in [0.2, 0.25) is 0 Å². The predicted molar refractivity (Wildman–Crippen MR) is 131 cm³/mol. The van der Waals surface area contributed by atoms with Crippen LogP contribution in [0, 0.1) is 5.92 Å². The standard InChI is InChI=1S/C22H36N4O3.HI/c1-4-23-22(24-15-17-6-5-7-20(17)27)26-12-10-25(11-13-26)16-18-14-19(28-2)8-9-21(18)29-3;/h8-9,14,17,20,27H,4-7,10-13,15-16H2,1-3H3,(H,23,24);1H. The zero-order chi connectivity index (χ0) is 20.6. The van der Waals surface area contributed by atoms with Crippen molar-refractivity contribution in [3.05, 3.63) is 23.8 Å². The van der Waals surface area contributed by atoms with Gasteiger partial charge in [0.1, 0.15) is 11.5 Å². The molecule has 30 heavy (non-hydrogen) atoms. The lowest BCUT2D eigenvalue weighted by Crippen LogP contribution is -2.52. The number of hydrogen-bond acceptors (Lipinski definition) is 5. The molecule has 1 aromatic rings. The van der Waals surface area contributed by atoms with Gasteiger partial charge >= 0.3 is 0 Å². The average Bonchev–Trinajstić information content (AvgIpc) is 3.16. The Balaban J connectivity index is 0.00000320. The average molecular weight is 532 g/mol. The Morgan fingerprint density at radius 2 is 1.93 bits per heavy atom. The van der Waals surface area contributed by atoms with E-state index in [4.69, 9.17) is 14.5 Å². The van der Waals surface area contributed by atoms with Crippen molar-refractivity contribution in [1.29, 1.82) is 0 Å². The van der Waals surface area contributed by atoms with Crippen LogP contribution in [0.15, 0.2) is 23.2 Å². The van der Waals surface area contributed by atoms with Gasteiger partial charge in [-0.1, -0.05) is 6.42 Å². The quantitative estimate of drug-likeness (QED) is 0.320. The molecule has 0 aromatic heterocycles. The SMILES string of the molecule is CCNC(=NCC1CCCC1O)N1CCN(Cc2cc(OC)ccc2OC)CC1.I. The van der Waals surface area contributed by atoms with E-state index in [1.165, 1.54) is 0 Å². The number of piperazine rings is 1. The van der Waals surface area contributed by atoms with Crippen molar-refractivity contribution < 1.29 is 14.6 Å². The zero-order valence-corrected chi connectivity index (χ0v) is 20.8. The van der Waals surface area contributed by atoms with E-state index in [1.807, 2.05) is 12.1 Å². The first-order valence-electron chi connectivity index (χ1n) is 10.8. The highest BCUT2D eigenvalue weighted by Gasteiger charge is 2.26. The highest BCUT2D eigenvalue weighted by atomic mass is 127. The second kappa shape index (κ2) is 12.6. The summed E-state index contributed by atoms with van der Waals surface area (Å²) in [5, 5.41) is 13.5. The van der Waals surface area contributed by atoms with Crippen LogP contribution in [0.1, 0.15) is 31.7 Å². The summed E-state index contributed by atoms with van der Waals surface area (Å²) in [6.07, 6.45) is 2.93. The monoisotopic (exact) mass is 532 g/mol. The largest absolute Gasteiger partial charge is 0.497 e. The van der Waals surface area contributed by atoms with Crippen LogP contribution in [0.25, 0.3) is 0 Å². The second-order valence-electron chi connectivity index (χ2n) is 7.89. The number of aliphatic hydroxyl groups excluding tert-OH is 1. The third-order valence-corrected chi connectivity index (χ3v) is 5.98. The molecule has 0 amide bonds. The van der Waals surface area contributed by atoms with Gasteiger partial charge in [0.05, 0.1) is 20.3 Å². The minimum Gasteiger partial charge on any atom is -0.497 e. The van der Waals surface area contributed by atoms with E-state index in [-0.39, 0.29) is 30.1 Å². The van der Waals surface area contributed by atoms with Gasteiger partial charge in [-0.05, 0) is 38.0 Å². The van der Waals surface area contributed by atoms with E-state index in [0.29, 0.717) is 12.5 Å². The van der Waals surface area contributed by atoms with Gasteiger partial charge < -0.3 is 24.8 Å². The van der Waals surface area contributed by atoms with E-state index in [9.17, 15) is 5.11 Å². The zero-order valence-electron chi connectivity index (χ0n) is 18.5. The Morgan fingerprint density at radius 3 is 2.53 bits per heavy atom. The molecule has 1 aliphatic carbocycles. The molecule has 1 saturated heterocycles. The van der Waals surface area contributed by atoms with Gasteiger partial charge in [-0.2, -0.15) is 0 Å². The molecule has 0 bridgehead atoms. The van der Waals surface area contributed by atoms with Crippen LogP contribution in [0.3, 0.4) is 0 Å². The van der Waals surface area contributed by atoms with Crippen LogP contribution >= 0.6 is 24.0 Å². The molecule has 2 N–H and O–H groups in total. The fourth-order valence-electron chi connectivity index (χ4n) is 4.22. The van der Waals surface area contributed by atoms with E-state index in [1.54, 1.807) is 14.2 Å². The molecule has 2 unspecified atom stereocenters. The normalized spacial score (nSPS) is 22.5. The number of aliphatic hydroxyl groups is 1. The van der Waals surface area contributed by atoms with Crippen LogP contribution < -0.4 is 14.8 Å². The van der Waals surface area contributed by atoms with Gasteiger partial charge in [0, 0.05) is 57.3 Å². The molecular weight excluding hydrogens is 495 g/mol. The van der Waals surface area contributed by atoms with Crippen LogP contribution in [-0.2, 0) is 6.54 Å². The molecule has 1 aromatic carbocycles. The van der Waals surface area contributed by atoms with Crippen LogP contribution in [0.5, 0.6) is 11.5 Å². The summed E-state index contributed by atoms with van der Waals surface area (Å²) in [5.74, 6) is 3.05. The lowest BCUT2D eigenvalue weighted by molar-refractivity contribution is 0.136. The van der Waals surface area contributed by atoms with Gasteiger partial charge in [-0.3, -0.25) is 9.89 Å². The maximum atomic E-state index is 10.1. The van der Waals surface area contributed by atoms with Gasteiger partial charge in [0.2, 0.25) is 0 Å². The van der Waals surface area contributed by atoms with Gasteiger partial charge in [-0.15, -0.1) is 24.0 Å². The number of benzene rings is 1. The summed E-state index contributed by atoms with van der Waals surface area (Å²) in [6, 6.07) is 5.96. The number of aliphatic imine (C=N–C) groups is 1. The molecule has 1 aliphatic heterocycles. The first kappa shape index (κ1) is 25.0. The molecule has 0 spiro atoms. The first-order valence-corrected chi connectivity index (χ1v) is 10.8. The molecule has 2 fully saturated rings. The Bertz CT molecular complexity index is 680. The van der Waals surface area contributed by atoms with E-state index < -0.39 is 0 Å². The lowest BCUT2D eigenvalue weighted by atomic mass is 10.1. The maximum absolute atomic E-state index is 10.1. The van der Waals surface area contributed by atoms with Crippen molar-refractivity contribution in [3.8, 4) is 11.5 Å². The summed E-state index contributed by atoms with van der Waals surface area (Å²) in [4.78, 5) is 9.63. The molecule has 170 valence electrons. The summed E-state index contributed by atoms with van der Waals surface area (Å²) < 4.78 is 10.9. The van der Waals surface area contributed by atoms with Crippen molar-refractivity contribution in [1.82, 2.24) is 15.1 Å².